The van der Waals surface area contributed by atoms with E-state index in [-0.39, 0.29) is 22.5 Å². The summed E-state index contributed by atoms with van der Waals surface area (Å²) in [5.41, 5.74) is 7.04. The summed E-state index contributed by atoms with van der Waals surface area (Å²) in [7, 11) is 0. The molecule has 0 saturated heterocycles. The summed E-state index contributed by atoms with van der Waals surface area (Å²) in [6, 6.07) is 18.9. The Morgan fingerprint density at radius 3 is 2.52 bits per heavy atom. The van der Waals surface area contributed by atoms with E-state index in [0.29, 0.717) is 15.9 Å². The van der Waals surface area contributed by atoms with Gasteiger partial charge in [-0.2, -0.15) is 5.26 Å². The number of carboxylic acid groups (broad SMARTS) is 1. The number of rotatable bonds is 4. The number of aromatic carboxylic acids is 1. The normalized spacial score (nSPS) is 10.1. The number of nitriles is 1. The van der Waals surface area contributed by atoms with Crippen LogP contribution in [0.25, 0.3) is 22.1 Å². The fraction of sp³-hybridized carbons (Fsp3) is 0.0833. The molecule has 4 rings (SSSR count). The van der Waals surface area contributed by atoms with Crippen LogP contribution in [-0.4, -0.2) is 28.7 Å². The minimum Gasteiger partial charge on any atom is -0.478 e. The lowest BCUT2D eigenvalue weighted by atomic mass is 10.0. The van der Waals surface area contributed by atoms with Crippen molar-refractivity contribution in [2.75, 3.05) is 11.9 Å². The van der Waals surface area contributed by atoms with Gasteiger partial charge in [0.25, 0.3) is 5.91 Å². The van der Waals surface area contributed by atoms with Gasteiger partial charge in [0.05, 0.1) is 28.3 Å². The number of carbonyl (C=O) groups is 2. The summed E-state index contributed by atoms with van der Waals surface area (Å²) in [6.45, 7) is 2.65. The summed E-state index contributed by atoms with van der Waals surface area (Å²) in [6.07, 6.45) is 0. The molecule has 4 aromatic rings. The molecule has 4 N–H and O–H groups in total. The smallest absolute Gasteiger partial charge is 0.337 e. The highest BCUT2D eigenvalue weighted by Crippen LogP contribution is 2.32. The third-order valence-corrected chi connectivity index (χ3v) is 4.89. The first-order valence-electron chi connectivity index (χ1n) is 9.86. The van der Waals surface area contributed by atoms with Crippen LogP contribution in [0.4, 0.5) is 5.69 Å². The Morgan fingerprint density at radius 1 is 1.18 bits per heavy atom. The van der Waals surface area contributed by atoms with E-state index >= 15 is 0 Å². The van der Waals surface area contributed by atoms with E-state index in [1.165, 1.54) is 18.2 Å². The Labute approximate surface area is 195 Å². The summed E-state index contributed by atoms with van der Waals surface area (Å²) in [5, 5.41) is 25.2. The lowest BCUT2D eigenvalue weighted by Gasteiger charge is -2.08. The third-order valence-electron chi connectivity index (χ3n) is 4.52. The number of anilines is 1. The number of nitrogens with two attached hydrogens (primary N) is 1. The van der Waals surface area contributed by atoms with Gasteiger partial charge in [0.1, 0.15) is 0 Å². The molecule has 9 heteroatoms. The number of aromatic nitrogens is 1. The minimum absolute atomic E-state index is 0.000565. The van der Waals surface area contributed by atoms with E-state index in [1.54, 1.807) is 12.1 Å². The Hall–Kier alpha value is -4.13. The first kappa shape index (κ1) is 23.5. The van der Waals surface area contributed by atoms with Crippen molar-refractivity contribution in [1.29, 1.82) is 5.26 Å². The number of nitrogens with one attached hydrogen (secondary N) is 1. The largest absolute Gasteiger partial charge is 0.478 e. The molecule has 0 atom stereocenters. The lowest BCUT2D eigenvalue weighted by Crippen LogP contribution is -2.15. The number of fused-ring (bicyclic) bond motifs is 1. The summed E-state index contributed by atoms with van der Waals surface area (Å²) >= 11 is 4.53. The highest BCUT2D eigenvalue weighted by molar-refractivity contribution is 7.80. The van der Waals surface area contributed by atoms with Crippen molar-refractivity contribution in [3.05, 3.63) is 77.5 Å². The molecule has 1 amide bonds. The van der Waals surface area contributed by atoms with Crippen LogP contribution in [0.1, 0.15) is 33.3 Å². The van der Waals surface area contributed by atoms with Crippen LogP contribution in [0.3, 0.4) is 0 Å². The molecular weight excluding hydrogens is 440 g/mol. The number of carboxylic acids is 1. The van der Waals surface area contributed by atoms with Gasteiger partial charge < -0.3 is 20.7 Å². The van der Waals surface area contributed by atoms with Gasteiger partial charge in [-0.05, 0) is 48.0 Å². The second kappa shape index (κ2) is 10.5. The Morgan fingerprint density at radius 2 is 1.88 bits per heavy atom. The predicted molar refractivity (Wildman–Crippen MR) is 127 cm³/mol. The molecule has 0 aliphatic carbocycles. The van der Waals surface area contributed by atoms with Crippen molar-refractivity contribution in [1.82, 2.24) is 5.16 Å². The van der Waals surface area contributed by atoms with Crippen LogP contribution in [0.15, 0.2) is 70.1 Å². The molecule has 33 heavy (non-hydrogen) atoms. The van der Waals surface area contributed by atoms with E-state index < -0.39 is 11.9 Å². The van der Waals surface area contributed by atoms with E-state index in [2.05, 4.69) is 23.1 Å². The van der Waals surface area contributed by atoms with Crippen LogP contribution < -0.4 is 11.1 Å². The molecule has 0 fully saturated rings. The molecule has 0 aliphatic heterocycles. The van der Waals surface area contributed by atoms with Crippen LogP contribution in [0.5, 0.6) is 0 Å². The van der Waals surface area contributed by atoms with Crippen molar-refractivity contribution in [2.45, 2.75) is 11.8 Å². The maximum atomic E-state index is 12.8. The van der Waals surface area contributed by atoms with Gasteiger partial charge in [-0.1, -0.05) is 42.4 Å². The molecule has 8 nitrogen and oxygen atoms in total. The van der Waals surface area contributed by atoms with Gasteiger partial charge in [0.15, 0.2) is 11.3 Å². The molecule has 0 saturated carbocycles. The van der Waals surface area contributed by atoms with Gasteiger partial charge in [0, 0.05) is 4.90 Å². The average Bonchev–Trinajstić information content (AvgIpc) is 3.22. The Kier molecular flexibility index (Phi) is 7.46. The van der Waals surface area contributed by atoms with Crippen LogP contribution in [0, 0.1) is 11.3 Å². The zero-order chi connectivity index (χ0) is 24.0. The topological polar surface area (TPSA) is 142 Å². The first-order chi connectivity index (χ1) is 15.9. The molecule has 166 valence electrons. The third kappa shape index (κ3) is 5.20. The van der Waals surface area contributed by atoms with Gasteiger partial charge in [-0.3, -0.25) is 4.79 Å². The minimum atomic E-state index is -1.27. The average molecular weight is 461 g/mol. The molecule has 1 aromatic heterocycles. The molecule has 0 bridgehead atoms. The summed E-state index contributed by atoms with van der Waals surface area (Å²) < 4.78 is 5.34. The maximum absolute atomic E-state index is 12.8. The van der Waals surface area contributed by atoms with E-state index in [0.717, 1.165) is 17.7 Å². The van der Waals surface area contributed by atoms with Crippen molar-refractivity contribution in [3.63, 3.8) is 0 Å². The molecule has 0 spiro atoms. The second-order valence-corrected chi connectivity index (χ2v) is 7.28. The highest BCUT2D eigenvalue weighted by atomic mass is 32.1. The summed E-state index contributed by atoms with van der Waals surface area (Å²) in [4.78, 5) is 24.9. The lowest BCUT2D eigenvalue weighted by molar-refractivity contribution is 0.0698. The number of carbonyl (C=O) groups excluding carboxylic acids is 1. The monoisotopic (exact) mass is 460 g/mol. The van der Waals surface area contributed by atoms with Crippen LogP contribution in [0.2, 0.25) is 0 Å². The number of hydrogen-bond acceptors (Lipinski definition) is 7. The van der Waals surface area contributed by atoms with Crippen molar-refractivity contribution >= 4 is 41.2 Å². The molecular formula is C24H20N4O4S. The first-order valence-corrected chi connectivity index (χ1v) is 10.3. The SMILES string of the molecule is CCN.N#Cc1ccc(NC(=O)c2noc3cc(-c4ccccc4)c(S)cc23)c(C(=O)O)c1. The Balaban J connectivity index is 0.000000968. The quantitative estimate of drug-likeness (QED) is 0.327. The Bertz CT molecular complexity index is 1360. The molecule has 1 heterocycles. The summed E-state index contributed by atoms with van der Waals surface area (Å²) in [5.74, 6) is -1.90. The maximum Gasteiger partial charge on any atom is 0.337 e. The predicted octanol–water partition coefficient (Wildman–Crippen LogP) is 4.57. The van der Waals surface area contributed by atoms with Gasteiger partial charge in [0.2, 0.25) is 0 Å². The van der Waals surface area contributed by atoms with Gasteiger partial charge in [-0.25, -0.2) is 4.79 Å². The molecule has 3 aromatic carbocycles. The van der Waals surface area contributed by atoms with E-state index in [1.807, 2.05) is 43.3 Å². The number of hydrogen-bond donors (Lipinski definition) is 4. The second-order valence-electron chi connectivity index (χ2n) is 6.80. The molecule has 0 radical (unpaired) electrons. The van der Waals surface area contributed by atoms with Crippen LogP contribution in [-0.2, 0) is 0 Å². The molecule has 0 aliphatic rings. The number of amides is 1. The number of nitrogens with zero attached hydrogens (tertiary/aromatic N) is 2. The van der Waals surface area contributed by atoms with Crippen molar-refractivity contribution < 1.29 is 19.2 Å². The van der Waals surface area contributed by atoms with E-state index in [4.69, 9.17) is 15.5 Å². The van der Waals surface area contributed by atoms with Crippen molar-refractivity contribution in [3.8, 4) is 17.2 Å². The highest BCUT2D eigenvalue weighted by Gasteiger charge is 2.21. The van der Waals surface area contributed by atoms with Gasteiger partial charge >= 0.3 is 5.97 Å². The van der Waals surface area contributed by atoms with E-state index in [9.17, 15) is 14.7 Å². The molecule has 0 unspecified atom stereocenters. The van der Waals surface area contributed by atoms with Crippen molar-refractivity contribution in [2.24, 2.45) is 5.73 Å². The fourth-order valence-electron chi connectivity index (χ4n) is 3.07. The zero-order valence-electron chi connectivity index (χ0n) is 17.6. The van der Waals surface area contributed by atoms with Crippen LogP contribution >= 0.6 is 12.6 Å². The number of thiol groups is 1. The fourth-order valence-corrected chi connectivity index (χ4v) is 3.39. The van der Waals surface area contributed by atoms with Gasteiger partial charge in [-0.15, -0.1) is 12.6 Å². The standard InChI is InChI=1S/C22H13N3O4S.C2H7N/c23-11-12-6-7-17(15(8-12)22(27)28)24-21(26)20-16-10-19(30)14(9-18(16)29-25-20)13-4-2-1-3-5-13;1-2-3/h1-10,30H,(H,24,26)(H,27,28);2-3H2,1H3. The zero-order valence-corrected chi connectivity index (χ0v) is 18.5. The number of benzene rings is 3.